The summed E-state index contributed by atoms with van der Waals surface area (Å²) in [7, 11) is 0. The number of fused-ring (bicyclic) bond motifs is 1. The summed E-state index contributed by atoms with van der Waals surface area (Å²) in [4.78, 5) is 11.6. The molecule has 0 spiro atoms. The molecule has 2 aromatic carbocycles. The van der Waals surface area contributed by atoms with Gasteiger partial charge in [0.2, 0.25) is 5.69 Å². The van der Waals surface area contributed by atoms with Crippen molar-refractivity contribution in [3.63, 3.8) is 0 Å². The molecule has 0 fully saturated rings. The van der Waals surface area contributed by atoms with Crippen molar-refractivity contribution < 1.29 is 0 Å². The molecule has 0 aliphatic carbocycles. The molecule has 0 bridgehead atoms. The maximum Gasteiger partial charge on any atom is 0.247 e. The molecule has 0 saturated carbocycles. The molecule has 0 unspecified atom stereocenters. The van der Waals surface area contributed by atoms with Gasteiger partial charge in [-0.2, -0.15) is 10.2 Å². The van der Waals surface area contributed by atoms with E-state index in [1.165, 1.54) is 23.7 Å². The number of anilines is 2. The predicted octanol–water partition coefficient (Wildman–Crippen LogP) is 7.14. The number of hydrogen-bond donors (Lipinski definition) is 2. The van der Waals surface area contributed by atoms with Crippen LogP contribution in [0.5, 0.6) is 0 Å². The summed E-state index contributed by atoms with van der Waals surface area (Å²) >= 11 is 6.86. The molecule has 0 amide bonds. The predicted molar refractivity (Wildman–Crippen MR) is 165 cm³/mol. The van der Waals surface area contributed by atoms with Gasteiger partial charge in [0.05, 0.1) is 23.8 Å². The molecular weight excluding hydrogens is 622 g/mol. The first-order valence-electron chi connectivity index (χ1n) is 12.3. The van der Waals surface area contributed by atoms with Crippen molar-refractivity contribution in [1.29, 1.82) is 0 Å². The number of nitrogens with zero attached hydrogens (tertiary/aromatic N) is 7. The van der Waals surface area contributed by atoms with Gasteiger partial charge in [-0.1, -0.05) is 61.7 Å². The largest absolute Gasteiger partial charge is 0.393 e. The fourth-order valence-electron chi connectivity index (χ4n) is 3.72. The van der Waals surface area contributed by atoms with Gasteiger partial charge in [0.25, 0.3) is 0 Å². The molecule has 11 heteroatoms. The van der Waals surface area contributed by atoms with Crippen LogP contribution in [-0.4, -0.2) is 29.5 Å². The standard InChI is InChI=1S/C15H16BrN5.C7H7Br.C6H8N4/c1-9(2)21-15-13(14(17)18-8-19-15)12(20-21)7-10-4-3-5-11(16)6-10;1-6-3-2-4-7(8)5-6;1-3-10-6(7)5(8-2)4-9-10/h3-6,8-9H,7H2,1-2H3,(H2,17,18,19);2-5H,1H3;4H,3,7H2,1H3. The van der Waals surface area contributed by atoms with Gasteiger partial charge in [-0.3, -0.25) is 4.68 Å². The topological polar surface area (TPSA) is 118 Å². The number of nitrogens with two attached hydrogens (primary N) is 2. The number of aryl methyl sites for hydroxylation is 2. The highest BCUT2D eigenvalue weighted by atomic mass is 79.9. The molecule has 0 saturated heterocycles. The van der Waals surface area contributed by atoms with Crippen LogP contribution in [0.3, 0.4) is 0 Å². The molecule has 5 rings (SSSR count). The van der Waals surface area contributed by atoms with Crippen LogP contribution in [0.2, 0.25) is 0 Å². The van der Waals surface area contributed by atoms with Crippen LogP contribution < -0.4 is 11.5 Å². The Morgan fingerprint density at radius 3 is 2.23 bits per heavy atom. The summed E-state index contributed by atoms with van der Waals surface area (Å²) in [6.45, 7) is 15.5. The minimum atomic E-state index is 0.220. The summed E-state index contributed by atoms with van der Waals surface area (Å²) < 4.78 is 5.70. The highest BCUT2D eigenvalue weighted by molar-refractivity contribution is 9.10. The van der Waals surface area contributed by atoms with Crippen molar-refractivity contribution in [2.75, 3.05) is 11.5 Å². The second-order valence-corrected chi connectivity index (χ2v) is 10.7. The minimum absolute atomic E-state index is 0.220. The Balaban J connectivity index is 0.000000193. The first kappa shape index (κ1) is 29.8. The summed E-state index contributed by atoms with van der Waals surface area (Å²) in [5, 5.41) is 9.43. The number of aromatic nitrogens is 6. The summed E-state index contributed by atoms with van der Waals surface area (Å²) in [5.74, 6) is 0.939. The van der Waals surface area contributed by atoms with Gasteiger partial charge in [-0.25, -0.2) is 19.5 Å². The van der Waals surface area contributed by atoms with Gasteiger partial charge in [0.1, 0.15) is 18.0 Å². The van der Waals surface area contributed by atoms with Gasteiger partial charge in [0, 0.05) is 28.0 Å². The highest BCUT2D eigenvalue weighted by Crippen LogP contribution is 2.26. The zero-order valence-corrected chi connectivity index (χ0v) is 25.5. The van der Waals surface area contributed by atoms with Crippen LogP contribution in [0.25, 0.3) is 15.9 Å². The third-order valence-electron chi connectivity index (χ3n) is 5.60. The molecule has 39 heavy (non-hydrogen) atoms. The molecule has 0 radical (unpaired) electrons. The van der Waals surface area contributed by atoms with E-state index in [1.807, 2.05) is 35.9 Å². The van der Waals surface area contributed by atoms with Crippen molar-refractivity contribution in [3.8, 4) is 0 Å². The van der Waals surface area contributed by atoms with Gasteiger partial charge in [0.15, 0.2) is 5.65 Å². The van der Waals surface area contributed by atoms with Crippen molar-refractivity contribution in [2.24, 2.45) is 0 Å². The quantitative estimate of drug-likeness (QED) is 0.199. The normalized spacial score (nSPS) is 10.4. The Kier molecular flexibility index (Phi) is 10.6. The van der Waals surface area contributed by atoms with E-state index in [-0.39, 0.29) is 6.04 Å². The third kappa shape index (κ3) is 7.88. The van der Waals surface area contributed by atoms with Crippen LogP contribution in [0.15, 0.2) is 70.0 Å². The number of rotatable bonds is 4. The summed E-state index contributed by atoms with van der Waals surface area (Å²) in [6, 6.07) is 16.6. The van der Waals surface area contributed by atoms with E-state index in [9.17, 15) is 0 Å². The number of halogens is 2. The van der Waals surface area contributed by atoms with Gasteiger partial charge < -0.3 is 11.5 Å². The average molecular weight is 653 g/mol. The van der Waals surface area contributed by atoms with E-state index in [1.54, 1.807) is 4.68 Å². The van der Waals surface area contributed by atoms with Gasteiger partial charge in [-0.05, 0) is 57.5 Å². The van der Waals surface area contributed by atoms with Crippen LogP contribution in [0.4, 0.5) is 17.3 Å². The van der Waals surface area contributed by atoms with Crippen LogP contribution in [0.1, 0.15) is 43.6 Å². The van der Waals surface area contributed by atoms with E-state index >= 15 is 0 Å². The van der Waals surface area contributed by atoms with Crippen molar-refractivity contribution >= 4 is 60.2 Å². The fraction of sp³-hybridized carbons (Fsp3) is 0.250. The Hall–Kier alpha value is -3.75. The lowest BCUT2D eigenvalue weighted by Gasteiger charge is -2.05. The van der Waals surface area contributed by atoms with Crippen LogP contribution in [0, 0.1) is 13.5 Å². The van der Waals surface area contributed by atoms with E-state index in [0.29, 0.717) is 30.3 Å². The molecule has 0 aliphatic heterocycles. The lowest BCUT2D eigenvalue weighted by molar-refractivity contribution is 0.541. The van der Waals surface area contributed by atoms with Crippen molar-refractivity contribution in [2.45, 2.75) is 46.7 Å². The maximum atomic E-state index is 6.66. The number of nitrogen functional groups attached to an aromatic ring is 2. The minimum Gasteiger partial charge on any atom is -0.393 e. The molecule has 0 aliphatic rings. The molecule has 202 valence electrons. The Bertz CT molecular complexity index is 1560. The summed E-state index contributed by atoms with van der Waals surface area (Å²) in [6.07, 6.45) is 3.67. The maximum absolute atomic E-state index is 6.66. The average Bonchev–Trinajstić information content (AvgIpc) is 3.45. The lowest BCUT2D eigenvalue weighted by atomic mass is 10.1. The smallest absolute Gasteiger partial charge is 0.247 e. The molecule has 3 aromatic heterocycles. The molecule has 4 N–H and O–H groups in total. The zero-order chi connectivity index (χ0) is 28.5. The number of benzene rings is 2. The highest BCUT2D eigenvalue weighted by Gasteiger charge is 2.17. The first-order chi connectivity index (χ1) is 18.6. The molecule has 0 atom stereocenters. The number of hydrogen-bond acceptors (Lipinski definition) is 6. The Morgan fingerprint density at radius 2 is 1.72 bits per heavy atom. The second kappa shape index (κ2) is 13.9. The second-order valence-electron chi connectivity index (χ2n) is 8.89. The molecule has 9 nitrogen and oxygen atoms in total. The zero-order valence-electron chi connectivity index (χ0n) is 22.3. The van der Waals surface area contributed by atoms with Crippen molar-refractivity contribution in [3.05, 3.63) is 98.2 Å². The van der Waals surface area contributed by atoms with E-state index in [2.05, 4.69) is 96.8 Å². The van der Waals surface area contributed by atoms with Crippen molar-refractivity contribution in [1.82, 2.24) is 29.5 Å². The van der Waals surface area contributed by atoms with Gasteiger partial charge >= 0.3 is 0 Å². The third-order valence-corrected chi connectivity index (χ3v) is 6.59. The Labute approximate surface area is 245 Å². The van der Waals surface area contributed by atoms with Crippen LogP contribution in [-0.2, 0) is 13.0 Å². The SMILES string of the molecule is CC(C)n1nc(Cc2cccc(Br)c2)c2c(N)ncnc21.Cc1cccc(Br)c1.[C-]#[N+]c1cnn(CC)c1N. The molecule has 3 heterocycles. The molecule has 5 aromatic rings. The van der Waals surface area contributed by atoms with E-state index < -0.39 is 0 Å². The van der Waals surface area contributed by atoms with E-state index in [4.69, 9.17) is 23.1 Å². The summed E-state index contributed by atoms with van der Waals surface area (Å²) in [5.41, 5.74) is 16.2. The van der Waals surface area contributed by atoms with Gasteiger partial charge in [-0.15, -0.1) is 0 Å². The van der Waals surface area contributed by atoms with Crippen LogP contribution >= 0.6 is 31.9 Å². The first-order valence-corrected chi connectivity index (χ1v) is 13.9. The Morgan fingerprint density at radius 1 is 1.03 bits per heavy atom. The fourth-order valence-corrected chi connectivity index (χ4v) is 4.68. The van der Waals surface area contributed by atoms with E-state index in [0.717, 1.165) is 25.7 Å². The lowest BCUT2D eigenvalue weighted by Crippen LogP contribution is -2.04. The molecular formula is C28H31Br2N9. The monoisotopic (exact) mass is 651 g/mol.